The van der Waals surface area contributed by atoms with Gasteiger partial charge in [-0.05, 0) is 41.0 Å². The van der Waals surface area contributed by atoms with Crippen LogP contribution in [0.5, 0.6) is 5.75 Å². The molecule has 1 fully saturated rings. The zero-order chi connectivity index (χ0) is 13.9. The summed E-state index contributed by atoms with van der Waals surface area (Å²) in [4.78, 5) is 2.57. The first-order valence-corrected chi connectivity index (χ1v) is 7.45. The van der Waals surface area contributed by atoms with Crippen molar-refractivity contribution in [2.45, 2.75) is 19.4 Å². The van der Waals surface area contributed by atoms with Crippen molar-refractivity contribution in [2.75, 3.05) is 26.2 Å². The van der Waals surface area contributed by atoms with E-state index in [-0.39, 0.29) is 24.8 Å². The first-order chi connectivity index (χ1) is 9.78. The van der Waals surface area contributed by atoms with E-state index in [0.29, 0.717) is 11.8 Å². The van der Waals surface area contributed by atoms with Crippen molar-refractivity contribution in [1.82, 2.24) is 10.2 Å². The molecule has 122 valence electrons. The molecule has 5 heteroatoms. The number of nitrogens with one attached hydrogen (secondary N) is 1. The van der Waals surface area contributed by atoms with Gasteiger partial charge in [0.05, 0.1) is 0 Å². The number of halogens is 2. The van der Waals surface area contributed by atoms with Crippen LogP contribution in [0.25, 0.3) is 10.8 Å². The molecule has 1 aliphatic rings. The average molecular weight is 343 g/mol. The fraction of sp³-hybridized carbons (Fsp3) is 0.412. The van der Waals surface area contributed by atoms with Crippen LogP contribution < -0.4 is 5.32 Å². The SMILES string of the molecule is CC[C@H](c1ccc2cc(O)ccc2c1)N1CCNCC1.Cl.Cl. The van der Waals surface area contributed by atoms with Crippen LogP contribution in [0.1, 0.15) is 24.9 Å². The molecule has 1 aliphatic heterocycles. The van der Waals surface area contributed by atoms with Gasteiger partial charge in [0.25, 0.3) is 0 Å². The van der Waals surface area contributed by atoms with Gasteiger partial charge in [-0.1, -0.05) is 25.1 Å². The lowest BCUT2D eigenvalue weighted by Crippen LogP contribution is -2.45. The van der Waals surface area contributed by atoms with Crippen molar-refractivity contribution in [1.29, 1.82) is 0 Å². The number of phenols is 1. The highest BCUT2D eigenvalue weighted by atomic mass is 35.5. The highest BCUT2D eigenvalue weighted by Gasteiger charge is 2.20. The van der Waals surface area contributed by atoms with Crippen LogP contribution in [0, 0.1) is 0 Å². The Labute approximate surface area is 144 Å². The van der Waals surface area contributed by atoms with Gasteiger partial charge in [-0.3, -0.25) is 4.90 Å². The number of hydrogen-bond donors (Lipinski definition) is 2. The molecule has 0 amide bonds. The number of aromatic hydroxyl groups is 1. The number of hydrogen-bond acceptors (Lipinski definition) is 3. The zero-order valence-corrected chi connectivity index (χ0v) is 14.4. The Kier molecular flexibility index (Phi) is 7.43. The summed E-state index contributed by atoms with van der Waals surface area (Å²) in [6.07, 6.45) is 1.13. The minimum Gasteiger partial charge on any atom is -0.508 e. The largest absolute Gasteiger partial charge is 0.508 e. The maximum absolute atomic E-state index is 9.54. The molecule has 0 radical (unpaired) electrons. The Morgan fingerprint density at radius 1 is 1.05 bits per heavy atom. The lowest BCUT2D eigenvalue weighted by atomic mass is 9.98. The van der Waals surface area contributed by atoms with E-state index in [1.165, 1.54) is 10.9 Å². The quantitative estimate of drug-likeness (QED) is 0.891. The van der Waals surface area contributed by atoms with E-state index >= 15 is 0 Å². The highest BCUT2D eigenvalue weighted by Crippen LogP contribution is 2.28. The molecule has 3 nitrogen and oxygen atoms in total. The van der Waals surface area contributed by atoms with Gasteiger partial charge >= 0.3 is 0 Å². The standard InChI is InChI=1S/C17H22N2O.2ClH/c1-2-17(19-9-7-18-8-10-19)15-4-3-14-12-16(20)6-5-13(14)11-15;;/h3-6,11-12,17-18,20H,2,7-10H2,1H3;2*1H/t17-;;/m1../s1. The number of nitrogens with zero attached hydrogens (tertiary/aromatic N) is 1. The van der Waals surface area contributed by atoms with Crippen LogP contribution in [0.2, 0.25) is 0 Å². The molecule has 2 N–H and O–H groups in total. The molecule has 1 saturated heterocycles. The number of benzene rings is 2. The van der Waals surface area contributed by atoms with Crippen LogP contribution in [-0.4, -0.2) is 36.2 Å². The van der Waals surface area contributed by atoms with Gasteiger partial charge in [0.15, 0.2) is 0 Å². The molecule has 3 rings (SSSR count). The van der Waals surface area contributed by atoms with Gasteiger partial charge in [0.1, 0.15) is 5.75 Å². The number of phenolic OH excluding ortho intramolecular Hbond substituents is 1. The van der Waals surface area contributed by atoms with E-state index in [9.17, 15) is 5.11 Å². The summed E-state index contributed by atoms with van der Waals surface area (Å²) in [6, 6.07) is 12.7. The summed E-state index contributed by atoms with van der Waals surface area (Å²) in [5, 5.41) is 15.3. The van der Waals surface area contributed by atoms with E-state index < -0.39 is 0 Å². The van der Waals surface area contributed by atoms with E-state index in [0.717, 1.165) is 38.0 Å². The predicted octanol–water partition coefficient (Wildman–Crippen LogP) is 3.75. The third-order valence-electron chi connectivity index (χ3n) is 4.21. The summed E-state index contributed by atoms with van der Waals surface area (Å²) in [7, 11) is 0. The predicted molar refractivity (Wildman–Crippen MR) is 97.6 cm³/mol. The Morgan fingerprint density at radius 2 is 1.68 bits per heavy atom. The fourth-order valence-electron chi connectivity index (χ4n) is 3.16. The first kappa shape index (κ1) is 19.0. The third-order valence-corrected chi connectivity index (χ3v) is 4.21. The molecule has 1 heterocycles. The normalized spacial score (nSPS) is 16.6. The van der Waals surface area contributed by atoms with E-state index in [1.807, 2.05) is 12.1 Å². The maximum Gasteiger partial charge on any atom is 0.116 e. The second kappa shape index (κ2) is 8.59. The lowest BCUT2D eigenvalue weighted by molar-refractivity contribution is 0.169. The monoisotopic (exact) mass is 342 g/mol. The minimum atomic E-state index is 0. The van der Waals surface area contributed by atoms with Gasteiger partial charge in [-0.2, -0.15) is 0 Å². The molecule has 1 atom stereocenters. The molecule has 0 aromatic heterocycles. The van der Waals surface area contributed by atoms with E-state index in [2.05, 4.69) is 35.3 Å². The van der Waals surface area contributed by atoms with Crippen molar-refractivity contribution >= 4 is 35.6 Å². The summed E-state index contributed by atoms with van der Waals surface area (Å²) in [6.45, 7) is 6.65. The zero-order valence-electron chi connectivity index (χ0n) is 12.8. The Morgan fingerprint density at radius 3 is 2.36 bits per heavy atom. The summed E-state index contributed by atoms with van der Waals surface area (Å²) in [5.41, 5.74) is 1.38. The van der Waals surface area contributed by atoms with Crippen LogP contribution in [0.3, 0.4) is 0 Å². The number of rotatable bonds is 3. The van der Waals surface area contributed by atoms with Crippen LogP contribution in [-0.2, 0) is 0 Å². The lowest BCUT2D eigenvalue weighted by Gasteiger charge is -2.34. The van der Waals surface area contributed by atoms with Crippen LogP contribution >= 0.6 is 24.8 Å². The van der Waals surface area contributed by atoms with Crippen LogP contribution in [0.4, 0.5) is 0 Å². The second-order valence-electron chi connectivity index (χ2n) is 5.50. The van der Waals surface area contributed by atoms with E-state index in [4.69, 9.17) is 0 Å². The van der Waals surface area contributed by atoms with Crippen molar-refractivity contribution in [3.8, 4) is 5.75 Å². The third kappa shape index (κ3) is 4.05. The Hall–Kier alpha value is -1.000. The van der Waals surface area contributed by atoms with Crippen molar-refractivity contribution in [3.05, 3.63) is 42.0 Å². The second-order valence-corrected chi connectivity index (χ2v) is 5.50. The van der Waals surface area contributed by atoms with Crippen molar-refractivity contribution in [3.63, 3.8) is 0 Å². The molecule has 0 bridgehead atoms. The number of fused-ring (bicyclic) bond motifs is 1. The van der Waals surface area contributed by atoms with Crippen LogP contribution in [0.15, 0.2) is 36.4 Å². The van der Waals surface area contributed by atoms with Crippen molar-refractivity contribution in [2.24, 2.45) is 0 Å². The Balaban J connectivity index is 0.00000121. The van der Waals surface area contributed by atoms with E-state index in [1.54, 1.807) is 6.07 Å². The molecule has 2 aromatic rings. The summed E-state index contributed by atoms with van der Waals surface area (Å²) < 4.78 is 0. The fourth-order valence-corrected chi connectivity index (χ4v) is 3.16. The molecule has 0 saturated carbocycles. The Bertz CT molecular complexity index is 600. The number of piperazine rings is 1. The van der Waals surface area contributed by atoms with Gasteiger partial charge < -0.3 is 10.4 Å². The van der Waals surface area contributed by atoms with Crippen molar-refractivity contribution < 1.29 is 5.11 Å². The first-order valence-electron chi connectivity index (χ1n) is 7.45. The maximum atomic E-state index is 9.54. The van der Waals surface area contributed by atoms with Gasteiger partial charge in [0, 0.05) is 32.2 Å². The van der Waals surface area contributed by atoms with Gasteiger partial charge in [-0.15, -0.1) is 24.8 Å². The molecule has 0 aliphatic carbocycles. The van der Waals surface area contributed by atoms with Gasteiger partial charge in [-0.25, -0.2) is 0 Å². The molecular formula is C17H24Cl2N2O. The molecule has 22 heavy (non-hydrogen) atoms. The smallest absolute Gasteiger partial charge is 0.116 e. The summed E-state index contributed by atoms with van der Waals surface area (Å²) in [5.74, 6) is 0.333. The topological polar surface area (TPSA) is 35.5 Å². The molecule has 2 aromatic carbocycles. The molecular weight excluding hydrogens is 319 g/mol. The summed E-state index contributed by atoms with van der Waals surface area (Å²) >= 11 is 0. The highest BCUT2D eigenvalue weighted by molar-refractivity contribution is 5.86. The molecule has 0 unspecified atom stereocenters. The van der Waals surface area contributed by atoms with Gasteiger partial charge in [0.2, 0.25) is 0 Å². The minimum absolute atomic E-state index is 0. The molecule has 0 spiro atoms. The average Bonchev–Trinajstić information content (AvgIpc) is 2.49.